The van der Waals surface area contributed by atoms with Gasteiger partial charge in [-0.3, -0.25) is 0 Å². The molecule has 2 N–H and O–H groups in total. The maximum absolute atomic E-state index is 5.75. The molecule has 0 unspecified atom stereocenters. The first-order chi connectivity index (χ1) is 6.31. The minimum absolute atomic E-state index is 0.524. The molecule has 13 heavy (non-hydrogen) atoms. The van der Waals surface area contributed by atoms with E-state index in [1.807, 2.05) is 31.2 Å². The van der Waals surface area contributed by atoms with E-state index >= 15 is 0 Å². The minimum Gasteiger partial charge on any atom is -0.465 e. The second-order valence-electron chi connectivity index (χ2n) is 2.76. The van der Waals surface area contributed by atoms with Gasteiger partial charge < -0.3 is 14.9 Å². The molecular formula is C10H11NO2. The Morgan fingerprint density at radius 2 is 2.31 bits per heavy atom. The average molecular weight is 177 g/mol. The molecular weight excluding hydrogens is 166 g/mol. The number of anilines is 1. The highest BCUT2D eigenvalue weighted by atomic mass is 16.6. The summed E-state index contributed by atoms with van der Waals surface area (Å²) in [6, 6.07) is 7.38. The van der Waals surface area contributed by atoms with Gasteiger partial charge >= 0.3 is 0 Å². The van der Waals surface area contributed by atoms with E-state index in [9.17, 15) is 0 Å². The summed E-state index contributed by atoms with van der Waals surface area (Å²) >= 11 is 0. The Labute approximate surface area is 76.1 Å². The highest BCUT2D eigenvalue weighted by Crippen LogP contribution is 2.28. The maximum atomic E-state index is 5.75. The standard InChI is InChI=1S/C10H11NO2/c1-2-12-10-6-7-8(11)4-3-5-9(7)13-10/h3-6H,2,11H2,1H3. The Hall–Kier alpha value is -1.64. The van der Waals surface area contributed by atoms with Gasteiger partial charge in [0.2, 0.25) is 0 Å². The van der Waals surface area contributed by atoms with Crippen molar-refractivity contribution in [2.75, 3.05) is 12.3 Å². The molecule has 3 nitrogen and oxygen atoms in total. The lowest BCUT2D eigenvalue weighted by Crippen LogP contribution is -1.87. The second-order valence-corrected chi connectivity index (χ2v) is 2.76. The first kappa shape index (κ1) is 7.98. The number of ether oxygens (including phenoxy) is 1. The van der Waals surface area contributed by atoms with Crippen molar-refractivity contribution < 1.29 is 9.15 Å². The van der Waals surface area contributed by atoms with Crippen LogP contribution in [0.2, 0.25) is 0 Å². The normalized spacial score (nSPS) is 10.5. The van der Waals surface area contributed by atoms with E-state index < -0.39 is 0 Å². The van der Waals surface area contributed by atoms with Crippen LogP contribution in [0, 0.1) is 0 Å². The van der Waals surface area contributed by atoms with Crippen molar-refractivity contribution in [3.05, 3.63) is 24.3 Å². The quantitative estimate of drug-likeness (QED) is 0.716. The van der Waals surface area contributed by atoms with Crippen molar-refractivity contribution in [2.45, 2.75) is 6.92 Å². The van der Waals surface area contributed by atoms with Gasteiger partial charge in [0.15, 0.2) is 0 Å². The molecule has 0 aliphatic rings. The topological polar surface area (TPSA) is 48.4 Å². The molecule has 0 spiro atoms. The average Bonchev–Trinajstić information content (AvgIpc) is 2.49. The van der Waals surface area contributed by atoms with Crippen LogP contribution in [0.25, 0.3) is 11.0 Å². The van der Waals surface area contributed by atoms with Crippen molar-refractivity contribution >= 4 is 16.7 Å². The number of furan rings is 1. The monoisotopic (exact) mass is 177 g/mol. The van der Waals surface area contributed by atoms with Gasteiger partial charge in [-0.15, -0.1) is 0 Å². The fraction of sp³-hybridized carbons (Fsp3) is 0.200. The Bertz CT molecular complexity index is 420. The highest BCUT2D eigenvalue weighted by molar-refractivity contribution is 5.90. The Balaban J connectivity index is 2.55. The lowest BCUT2D eigenvalue weighted by Gasteiger charge is -1.93. The van der Waals surface area contributed by atoms with E-state index in [-0.39, 0.29) is 0 Å². The summed E-state index contributed by atoms with van der Waals surface area (Å²) < 4.78 is 10.6. The molecule has 1 heterocycles. The van der Waals surface area contributed by atoms with Crippen molar-refractivity contribution in [3.63, 3.8) is 0 Å². The van der Waals surface area contributed by atoms with E-state index in [1.165, 1.54) is 0 Å². The van der Waals surface area contributed by atoms with Gasteiger partial charge in [0.25, 0.3) is 5.95 Å². The molecule has 1 aromatic heterocycles. The van der Waals surface area contributed by atoms with Crippen molar-refractivity contribution in [1.29, 1.82) is 0 Å². The molecule has 2 aromatic rings. The molecule has 0 fully saturated rings. The number of nitrogens with two attached hydrogens (primary N) is 1. The predicted molar refractivity (Wildman–Crippen MR) is 51.8 cm³/mol. The van der Waals surface area contributed by atoms with Gasteiger partial charge in [0, 0.05) is 17.1 Å². The van der Waals surface area contributed by atoms with Crippen LogP contribution in [0.3, 0.4) is 0 Å². The molecule has 68 valence electrons. The third kappa shape index (κ3) is 1.33. The fourth-order valence-electron chi connectivity index (χ4n) is 1.27. The molecule has 0 saturated heterocycles. The summed E-state index contributed by atoms with van der Waals surface area (Å²) in [5.74, 6) is 0.524. The molecule has 3 heteroatoms. The first-order valence-corrected chi connectivity index (χ1v) is 4.22. The van der Waals surface area contributed by atoms with Gasteiger partial charge in [-0.1, -0.05) is 6.07 Å². The van der Waals surface area contributed by atoms with Crippen LogP contribution < -0.4 is 10.5 Å². The highest BCUT2D eigenvalue weighted by Gasteiger charge is 2.05. The van der Waals surface area contributed by atoms with Crippen LogP contribution in [-0.4, -0.2) is 6.61 Å². The second kappa shape index (κ2) is 3.01. The minimum atomic E-state index is 0.524. The zero-order valence-corrected chi connectivity index (χ0v) is 7.41. The molecule has 0 atom stereocenters. The van der Waals surface area contributed by atoms with E-state index in [1.54, 1.807) is 0 Å². The summed E-state index contributed by atoms with van der Waals surface area (Å²) in [5.41, 5.74) is 7.23. The van der Waals surface area contributed by atoms with Crippen LogP contribution in [-0.2, 0) is 0 Å². The summed E-state index contributed by atoms with van der Waals surface area (Å²) in [4.78, 5) is 0. The Kier molecular flexibility index (Phi) is 1.85. The zero-order valence-electron chi connectivity index (χ0n) is 7.41. The zero-order chi connectivity index (χ0) is 9.26. The lowest BCUT2D eigenvalue weighted by atomic mass is 10.2. The summed E-state index contributed by atoms with van der Waals surface area (Å²) in [6.07, 6.45) is 0. The molecule has 0 aliphatic carbocycles. The van der Waals surface area contributed by atoms with E-state index in [0.29, 0.717) is 18.2 Å². The van der Waals surface area contributed by atoms with Crippen molar-refractivity contribution in [2.24, 2.45) is 0 Å². The number of hydrogen-bond donors (Lipinski definition) is 1. The number of fused-ring (bicyclic) bond motifs is 1. The van der Waals surface area contributed by atoms with Crippen LogP contribution in [0.1, 0.15) is 6.92 Å². The maximum Gasteiger partial charge on any atom is 0.285 e. The molecule has 2 rings (SSSR count). The number of nitrogen functional groups attached to an aromatic ring is 1. The molecule has 0 saturated carbocycles. The number of rotatable bonds is 2. The molecule has 0 radical (unpaired) electrons. The summed E-state index contributed by atoms with van der Waals surface area (Å²) in [5, 5.41) is 0.908. The molecule has 1 aromatic carbocycles. The first-order valence-electron chi connectivity index (χ1n) is 4.22. The Morgan fingerprint density at radius 3 is 3.00 bits per heavy atom. The SMILES string of the molecule is CCOc1cc2c(N)cccc2o1. The summed E-state index contributed by atoms with van der Waals surface area (Å²) in [7, 11) is 0. The van der Waals surface area contributed by atoms with Crippen LogP contribution in [0.5, 0.6) is 5.95 Å². The van der Waals surface area contributed by atoms with E-state index in [0.717, 1.165) is 11.0 Å². The lowest BCUT2D eigenvalue weighted by molar-refractivity contribution is 0.265. The van der Waals surface area contributed by atoms with Crippen LogP contribution in [0.4, 0.5) is 5.69 Å². The van der Waals surface area contributed by atoms with Crippen molar-refractivity contribution in [1.82, 2.24) is 0 Å². The van der Waals surface area contributed by atoms with E-state index in [2.05, 4.69) is 0 Å². The van der Waals surface area contributed by atoms with Gasteiger partial charge in [-0.25, -0.2) is 0 Å². The van der Waals surface area contributed by atoms with Crippen LogP contribution in [0.15, 0.2) is 28.7 Å². The smallest absolute Gasteiger partial charge is 0.285 e. The van der Waals surface area contributed by atoms with Gasteiger partial charge in [-0.2, -0.15) is 0 Å². The third-order valence-electron chi connectivity index (χ3n) is 1.86. The van der Waals surface area contributed by atoms with Crippen LogP contribution >= 0.6 is 0 Å². The molecule has 0 amide bonds. The predicted octanol–water partition coefficient (Wildman–Crippen LogP) is 2.41. The van der Waals surface area contributed by atoms with Crippen molar-refractivity contribution in [3.8, 4) is 5.95 Å². The van der Waals surface area contributed by atoms with Gasteiger partial charge in [0.1, 0.15) is 5.58 Å². The third-order valence-corrected chi connectivity index (χ3v) is 1.86. The van der Waals surface area contributed by atoms with E-state index in [4.69, 9.17) is 14.9 Å². The number of hydrogen-bond acceptors (Lipinski definition) is 3. The largest absolute Gasteiger partial charge is 0.465 e. The Morgan fingerprint density at radius 1 is 1.46 bits per heavy atom. The van der Waals surface area contributed by atoms with Gasteiger partial charge in [-0.05, 0) is 19.1 Å². The summed E-state index contributed by atoms with van der Waals surface area (Å²) in [6.45, 7) is 2.51. The molecule has 0 aliphatic heterocycles. The van der Waals surface area contributed by atoms with Gasteiger partial charge in [0.05, 0.1) is 6.61 Å². The fourth-order valence-corrected chi connectivity index (χ4v) is 1.27. The number of benzene rings is 1. The molecule has 0 bridgehead atoms.